The van der Waals surface area contributed by atoms with Crippen molar-refractivity contribution in [1.82, 2.24) is 0 Å². The lowest BCUT2D eigenvalue weighted by molar-refractivity contribution is -0.152. The number of carboxylic acid groups (broad SMARTS) is 1. The SMILES string of the molecule is Fc1ccccc1.O=C(O)CCC(=O)c1ccc(F)cc1.O=C1CCC(=O)O1.[2H]CC.[Cl][Al]([Cl])[Cl]. The third kappa shape index (κ3) is 21.8. The second kappa shape index (κ2) is 21.5. The maximum Gasteiger partial charge on any atom is 0.643 e. The van der Waals surface area contributed by atoms with E-state index in [0.717, 1.165) is 0 Å². The zero-order valence-corrected chi connectivity index (χ0v) is 21.6. The topological polar surface area (TPSA) is 97.7 Å². The zero-order valence-electron chi connectivity index (χ0n) is 19.2. The number of carboxylic acids is 1. The molecule has 0 atom stereocenters. The van der Waals surface area contributed by atoms with E-state index < -0.39 is 35.1 Å². The number of Topliss-reactive ketones (excluding diaryl/α,β-unsaturated/α-hetero) is 1. The molecule has 0 radical (unpaired) electrons. The van der Waals surface area contributed by atoms with Gasteiger partial charge >= 0.3 is 29.3 Å². The van der Waals surface area contributed by atoms with Crippen molar-refractivity contribution in [1.29, 1.82) is 0 Å². The molecule has 3 rings (SSSR count). The molecule has 34 heavy (non-hydrogen) atoms. The number of aliphatic carboxylic acids is 1. The fourth-order valence-electron chi connectivity index (χ4n) is 1.85. The van der Waals surface area contributed by atoms with Crippen molar-refractivity contribution in [3.63, 3.8) is 0 Å². The second-order valence-corrected chi connectivity index (χ2v) is 12.1. The minimum Gasteiger partial charge on any atom is -0.481 e. The first-order valence-electron chi connectivity index (χ1n) is 10.3. The molecule has 1 aliphatic rings. The van der Waals surface area contributed by atoms with Crippen LogP contribution in [0.5, 0.6) is 0 Å². The summed E-state index contributed by atoms with van der Waals surface area (Å²) >= 11 is -1.72. The summed E-state index contributed by atoms with van der Waals surface area (Å²) in [6.07, 6.45) is 0.273. The van der Waals surface area contributed by atoms with Gasteiger partial charge in [-0.05, 0) is 36.4 Å². The number of halogens is 5. The minimum atomic E-state index is -1.72. The average molecular weight is 557 g/mol. The van der Waals surface area contributed by atoms with Crippen LogP contribution in [0, 0.1) is 11.6 Å². The van der Waals surface area contributed by atoms with Crippen LogP contribution in [0.25, 0.3) is 0 Å². The smallest absolute Gasteiger partial charge is 0.481 e. The highest BCUT2D eigenvalue weighted by Gasteiger charge is 2.19. The van der Waals surface area contributed by atoms with Gasteiger partial charge in [-0.1, -0.05) is 32.0 Å². The predicted octanol–water partition coefficient (Wildman–Crippen LogP) is 6.26. The molecule has 0 aromatic heterocycles. The van der Waals surface area contributed by atoms with E-state index in [9.17, 15) is 28.0 Å². The van der Waals surface area contributed by atoms with Gasteiger partial charge in [-0.25, -0.2) is 38.9 Å². The normalized spacial score (nSPS) is 11.3. The summed E-state index contributed by atoms with van der Waals surface area (Å²) in [5.41, 5.74) is 0.340. The molecule has 0 saturated carbocycles. The Morgan fingerprint density at radius 3 is 1.65 bits per heavy atom. The van der Waals surface area contributed by atoms with Crippen LogP contribution < -0.4 is 0 Å². The highest BCUT2D eigenvalue weighted by atomic mass is 35.8. The van der Waals surface area contributed by atoms with Crippen LogP contribution in [-0.2, 0) is 19.1 Å². The van der Waals surface area contributed by atoms with Crippen LogP contribution in [0.15, 0.2) is 54.6 Å². The fourth-order valence-corrected chi connectivity index (χ4v) is 1.85. The molecule has 1 heterocycles. The van der Waals surface area contributed by atoms with Gasteiger partial charge in [0.25, 0.3) is 0 Å². The number of cyclic esters (lactones) is 2. The summed E-state index contributed by atoms with van der Waals surface area (Å²) in [6, 6.07) is 13.0. The first-order valence-corrected chi connectivity index (χ1v) is 14.8. The first-order chi connectivity index (χ1) is 16.4. The molecule has 0 unspecified atom stereocenters. The molecule has 6 nitrogen and oxygen atoms in total. The lowest BCUT2D eigenvalue weighted by Crippen LogP contribution is -2.03. The van der Waals surface area contributed by atoms with Crippen LogP contribution in [-0.4, -0.2) is 40.2 Å². The van der Waals surface area contributed by atoms with E-state index in [4.69, 9.17) is 36.6 Å². The van der Waals surface area contributed by atoms with Gasteiger partial charge in [0.2, 0.25) is 0 Å². The van der Waals surface area contributed by atoms with E-state index in [1.54, 1.807) is 25.1 Å². The van der Waals surface area contributed by atoms with E-state index in [2.05, 4.69) is 4.74 Å². The van der Waals surface area contributed by atoms with Crippen molar-refractivity contribution in [3.05, 3.63) is 71.8 Å². The molecule has 0 amide bonds. The first kappa shape index (κ1) is 32.0. The molecular weight excluding hydrogens is 532 g/mol. The number of carbonyl (C=O) groups excluding carboxylic acids is 3. The highest BCUT2D eigenvalue weighted by Crippen LogP contribution is 2.07. The Labute approximate surface area is 215 Å². The largest absolute Gasteiger partial charge is 0.643 e. The number of carbonyl (C=O) groups is 4. The Kier molecular flexibility index (Phi) is 20.2. The van der Waals surface area contributed by atoms with Crippen molar-refractivity contribution in [2.45, 2.75) is 39.5 Å². The number of rotatable bonds is 4. The zero-order chi connectivity index (χ0) is 27.2. The molecule has 1 fully saturated rings. The van der Waals surface area contributed by atoms with E-state index in [1.165, 1.54) is 36.4 Å². The minimum absolute atomic E-state index is 0.0546. The number of hydrogen-bond acceptors (Lipinski definition) is 5. The van der Waals surface area contributed by atoms with Crippen LogP contribution >= 0.6 is 30.1 Å². The van der Waals surface area contributed by atoms with Crippen molar-refractivity contribution < 1.29 is 39.2 Å². The van der Waals surface area contributed by atoms with Gasteiger partial charge in [0.05, 0.1) is 19.3 Å². The van der Waals surface area contributed by atoms with Crippen LogP contribution in [0.2, 0.25) is 0 Å². The van der Waals surface area contributed by atoms with Gasteiger partial charge in [0, 0.05) is 13.4 Å². The number of ketones is 1. The Bertz CT molecular complexity index is 874. The van der Waals surface area contributed by atoms with Gasteiger partial charge < -0.3 is 9.84 Å². The van der Waals surface area contributed by atoms with Gasteiger partial charge in [-0.2, -0.15) is 0 Å². The third-order valence-corrected chi connectivity index (χ3v) is 3.23. The molecule has 2 aromatic rings. The Balaban J connectivity index is 0. The Hall–Kier alpha value is -2.02. The molecule has 0 aliphatic carbocycles. The summed E-state index contributed by atoms with van der Waals surface area (Å²) in [6.45, 7) is 2.29. The van der Waals surface area contributed by atoms with Crippen molar-refractivity contribution in [3.8, 4) is 0 Å². The highest BCUT2D eigenvalue weighted by molar-refractivity contribution is 7.54. The summed E-state index contributed by atoms with van der Waals surface area (Å²) in [7, 11) is 14.8. The standard InChI is InChI=1S/C10H9FO3.C6H5F.C4H4O3.C2H6.Al.3ClH/c11-8-3-1-7(2-4-8)9(12)5-6-10(13)14;7-6-4-2-1-3-5-6;5-3-1-2-4(6)7-3;1-2;;;;/h1-4H,5-6H2,(H,13,14);1-5H;1-2H2;1-2H3;;3*1H/q;;;;+3;;;/p-3/i;;;1D;;;;. The van der Waals surface area contributed by atoms with Crippen LogP contribution in [0.4, 0.5) is 8.78 Å². The third-order valence-electron chi connectivity index (χ3n) is 3.23. The number of benzene rings is 2. The van der Waals surface area contributed by atoms with Crippen molar-refractivity contribution in [2.75, 3.05) is 0 Å². The van der Waals surface area contributed by atoms with Crippen LogP contribution in [0.1, 0.15) is 51.2 Å². The Morgan fingerprint density at radius 2 is 1.35 bits per heavy atom. The Morgan fingerprint density at radius 1 is 0.941 bits per heavy atom. The maximum atomic E-state index is 12.5. The average Bonchev–Trinajstić information content (AvgIpc) is 3.16. The van der Waals surface area contributed by atoms with Gasteiger partial charge in [0.1, 0.15) is 11.6 Å². The molecule has 186 valence electrons. The maximum absolute atomic E-state index is 12.5. The van der Waals surface area contributed by atoms with E-state index >= 15 is 0 Å². The lowest BCUT2D eigenvalue weighted by Gasteiger charge is -1.98. The molecule has 1 aliphatic heterocycles. The van der Waals surface area contributed by atoms with Gasteiger partial charge in [-0.3, -0.25) is 19.2 Å². The number of ether oxygens (including phenoxy) is 1. The number of esters is 2. The van der Waals surface area contributed by atoms with E-state index in [-0.39, 0.29) is 37.3 Å². The van der Waals surface area contributed by atoms with E-state index in [0.29, 0.717) is 12.5 Å². The van der Waals surface area contributed by atoms with Gasteiger partial charge in [0.15, 0.2) is 5.78 Å². The van der Waals surface area contributed by atoms with E-state index in [1.807, 2.05) is 0 Å². The summed E-state index contributed by atoms with van der Waals surface area (Å²) in [4.78, 5) is 41.5. The summed E-state index contributed by atoms with van der Waals surface area (Å²) in [5, 5.41) is 8.34. The van der Waals surface area contributed by atoms with Crippen LogP contribution in [0.3, 0.4) is 0 Å². The molecular formula is C22H24AlCl3F2O6. The lowest BCUT2D eigenvalue weighted by atomic mass is 10.1. The molecule has 12 heteroatoms. The second-order valence-electron chi connectivity index (χ2n) is 5.71. The molecule has 0 bridgehead atoms. The molecule has 0 spiro atoms. The predicted molar refractivity (Wildman–Crippen MR) is 129 cm³/mol. The molecule has 1 N–H and O–H groups in total. The van der Waals surface area contributed by atoms with Crippen molar-refractivity contribution >= 4 is 65.2 Å². The van der Waals surface area contributed by atoms with Crippen molar-refractivity contribution in [2.24, 2.45) is 0 Å². The fraction of sp³-hybridized carbons (Fsp3) is 0.273. The summed E-state index contributed by atoms with van der Waals surface area (Å²) < 4.78 is 34.7. The van der Waals surface area contributed by atoms with Gasteiger partial charge in [-0.15, -0.1) is 0 Å². The summed E-state index contributed by atoms with van der Waals surface area (Å²) in [5.74, 6) is -2.69. The molecule has 1 saturated heterocycles. The quantitative estimate of drug-likeness (QED) is 0.207. The monoisotopic (exact) mass is 555 g/mol. The molecule has 2 aromatic carbocycles. The number of hydrogen-bond donors (Lipinski definition) is 1.